The van der Waals surface area contributed by atoms with Gasteiger partial charge in [-0.2, -0.15) is 0 Å². The molecule has 4 amide bonds. The van der Waals surface area contributed by atoms with Crippen LogP contribution < -0.4 is 27.4 Å². The van der Waals surface area contributed by atoms with Gasteiger partial charge in [0, 0.05) is 12.8 Å². The molecule has 4 unspecified atom stereocenters. The first kappa shape index (κ1) is 31.8. The zero-order chi connectivity index (χ0) is 29.0. The van der Waals surface area contributed by atoms with E-state index in [9.17, 15) is 39.0 Å². The zero-order valence-corrected chi connectivity index (χ0v) is 21.2. The van der Waals surface area contributed by atoms with Crippen molar-refractivity contribution in [3.05, 3.63) is 29.8 Å². The molecule has 0 heterocycles. The number of aliphatic carboxylic acids is 2. The number of carbonyl (C=O) groups excluding carboxylic acids is 4. The monoisotopic (exact) mass is 537 g/mol. The van der Waals surface area contributed by atoms with Crippen molar-refractivity contribution in [3.8, 4) is 5.75 Å². The van der Waals surface area contributed by atoms with Gasteiger partial charge in [0.2, 0.25) is 23.6 Å². The lowest BCUT2D eigenvalue weighted by Crippen LogP contribution is -2.58. The number of amides is 4. The average molecular weight is 538 g/mol. The van der Waals surface area contributed by atoms with Gasteiger partial charge >= 0.3 is 11.9 Å². The highest BCUT2D eigenvalue weighted by molar-refractivity contribution is 5.96. The fourth-order valence-corrected chi connectivity index (χ4v) is 3.41. The number of benzene rings is 1. The topological polar surface area (TPSA) is 251 Å². The number of carbonyl (C=O) groups is 6. The number of rotatable bonds is 16. The van der Waals surface area contributed by atoms with Gasteiger partial charge in [-0.15, -0.1) is 0 Å². The molecule has 0 aliphatic carbocycles. The van der Waals surface area contributed by atoms with Crippen LogP contribution in [0.5, 0.6) is 5.75 Å². The van der Waals surface area contributed by atoms with Gasteiger partial charge in [0.25, 0.3) is 0 Å². The summed E-state index contributed by atoms with van der Waals surface area (Å²) in [6.07, 6.45) is -1.29. The Kier molecular flexibility index (Phi) is 12.7. The van der Waals surface area contributed by atoms with E-state index in [1.807, 2.05) is 0 Å². The van der Waals surface area contributed by atoms with Gasteiger partial charge in [-0.25, -0.2) is 4.79 Å². The van der Waals surface area contributed by atoms with E-state index in [0.29, 0.717) is 5.56 Å². The molecule has 0 spiro atoms. The summed E-state index contributed by atoms with van der Waals surface area (Å²) in [4.78, 5) is 72.5. The summed E-state index contributed by atoms with van der Waals surface area (Å²) in [5, 5.41) is 34.8. The van der Waals surface area contributed by atoms with Crippen molar-refractivity contribution in [1.82, 2.24) is 16.0 Å². The molecule has 0 radical (unpaired) electrons. The van der Waals surface area contributed by atoms with E-state index >= 15 is 0 Å². The lowest BCUT2D eigenvalue weighted by atomic mass is 10.0. The largest absolute Gasteiger partial charge is 0.508 e. The minimum Gasteiger partial charge on any atom is -0.508 e. The van der Waals surface area contributed by atoms with Crippen molar-refractivity contribution in [2.75, 3.05) is 0 Å². The summed E-state index contributed by atoms with van der Waals surface area (Å²) in [5.74, 6) is -6.22. The smallest absolute Gasteiger partial charge is 0.326 e. The number of phenolic OH excluding ortho intramolecular Hbond substituents is 1. The Labute approximate surface area is 219 Å². The van der Waals surface area contributed by atoms with Gasteiger partial charge in [0.15, 0.2) is 0 Å². The van der Waals surface area contributed by atoms with E-state index in [-0.39, 0.29) is 30.9 Å². The third kappa shape index (κ3) is 11.7. The van der Waals surface area contributed by atoms with E-state index in [0.717, 1.165) is 0 Å². The fraction of sp³-hybridized carbons (Fsp3) is 0.500. The fourth-order valence-electron chi connectivity index (χ4n) is 3.41. The van der Waals surface area contributed by atoms with Gasteiger partial charge in [-0.1, -0.05) is 26.0 Å². The highest BCUT2D eigenvalue weighted by Crippen LogP contribution is 2.13. The number of hydrogen-bond donors (Lipinski definition) is 8. The average Bonchev–Trinajstić information content (AvgIpc) is 2.81. The summed E-state index contributed by atoms with van der Waals surface area (Å²) < 4.78 is 0. The maximum absolute atomic E-state index is 13.1. The molecular formula is C24H35N5O9. The predicted molar refractivity (Wildman–Crippen MR) is 133 cm³/mol. The highest BCUT2D eigenvalue weighted by atomic mass is 16.4. The summed E-state index contributed by atoms with van der Waals surface area (Å²) in [7, 11) is 0. The summed E-state index contributed by atoms with van der Waals surface area (Å²) >= 11 is 0. The lowest BCUT2D eigenvalue weighted by molar-refractivity contribution is -0.143. The third-order valence-electron chi connectivity index (χ3n) is 5.38. The van der Waals surface area contributed by atoms with Gasteiger partial charge in [0.05, 0.1) is 12.5 Å². The van der Waals surface area contributed by atoms with Crippen molar-refractivity contribution in [2.45, 2.75) is 70.1 Å². The van der Waals surface area contributed by atoms with Crippen molar-refractivity contribution >= 4 is 35.6 Å². The second kappa shape index (κ2) is 15.1. The highest BCUT2D eigenvalue weighted by Gasteiger charge is 2.31. The van der Waals surface area contributed by atoms with Gasteiger partial charge in [0.1, 0.15) is 23.9 Å². The van der Waals surface area contributed by atoms with Crippen LogP contribution in [0.25, 0.3) is 0 Å². The molecule has 10 N–H and O–H groups in total. The first-order chi connectivity index (χ1) is 17.7. The van der Waals surface area contributed by atoms with Crippen LogP contribution in [-0.2, 0) is 35.2 Å². The van der Waals surface area contributed by atoms with Crippen LogP contribution >= 0.6 is 0 Å². The molecule has 14 heteroatoms. The Morgan fingerprint density at radius 1 is 0.842 bits per heavy atom. The third-order valence-corrected chi connectivity index (χ3v) is 5.38. The molecule has 0 fully saturated rings. The van der Waals surface area contributed by atoms with E-state index in [1.54, 1.807) is 13.8 Å². The maximum Gasteiger partial charge on any atom is 0.326 e. The summed E-state index contributed by atoms with van der Waals surface area (Å²) in [5.41, 5.74) is 11.4. The van der Waals surface area contributed by atoms with Gasteiger partial charge < -0.3 is 42.7 Å². The van der Waals surface area contributed by atoms with Crippen LogP contribution in [0.2, 0.25) is 0 Å². The zero-order valence-electron chi connectivity index (χ0n) is 21.2. The first-order valence-electron chi connectivity index (χ1n) is 11.9. The van der Waals surface area contributed by atoms with Crippen LogP contribution in [0.15, 0.2) is 24.3 Å². The first-order valence-corrected chi connectivity index (χ1v) is 11.9. The van der Waals surface area contributed by atoms with Gasteiger partial charge in [-0.3, -0.25) is 24.0 Å². The minimum atomic E-state index is -1.54. The molecule has 38 heavy (non-hydrogen) atoms. The standard InChI is InChI=1S/C24H35N5O9/c1-12(2)9-18(24(37)38)29-22(35)16(10-13-3-5-14(30)6-4-13)28-23(36)17(11-19(26)31)27-21(34)15(25)7-8-20(32)33/h3-6,12,15-18,30H,7-11,25H2,1-2H3,(H2,26,31)(H,27,34)(H,28,36)(H,29,35)(H,32,33)(H,37,38). The quantitative estimate of drug-likeness (QED) is 0.122. The molecule has 0 aromatic heterocycles. The van der Waals surface area contributed by atoms with E-state index in [4.69, 9.17) is 16.6 Å². The van der Waals surface area contributed by atoms with E-state index < -0.39 is 72.6 Å². The SMILES string of the molecule is CC(C)CC(NC(=O)C(Cc1ccc(O)cc1)NC(=O)C(CC(N)=O)NC(=O)C(N)CCC(=O)O)C(=O)O. The molecule has 1 aromatic carbocycles. The van der Waals surface area contributed by atoms with Crippen LogP contribution in [0, 0.1) is 5.92 Å². The normalized spacial score (nSPS) is 14.0. The molecule has 0 aliphatic heterocycles. The Balaban J connectivity index is 3.15. The molecule has 0 bridgehead atoms. The number of carboxylic acid groups (broad SMARTS) is 2. The lowest BCUT2D eigenvalue weighted by Gasteiger charge is -2.25. The predicted octanol–water partition coefficient (Wildman–Crippen LogP) is -1.41. The minimum absolute atomic E-state index is 0.0369. The molecule has 0 saturated carbocycles. The van der Waals surface area contributed by atoms with Crippen molar-refractivity contribution < 1.29 is 44.1 Å². The second-order valence-corrected chi connectivity index (χ2v) is 9.23. The van der Waals surface area contributed by atoms with Gasteiger partial charge in [-0.05, 0) is 36.5 Å². The Bertz CT molecular complexity index is 1010. The molecule has 0 saturated heterocycles. The second-order valence-electron chi connectivity index (χ2n) is 9.23. The molecule has 4 atom stereocenters. The van der Waals surface area contributed by atoms with E-state index in [1.165, 1.54) is 24.3 Å². The van der Waals surface area contributed by atoms with Crippen LogP contribution in [0.3, 0.4) is 0 Å². The van der Waals surface area contributed by atoms with Crippen molar-refractivity contribution in [3.63, 3.8) is 0 Å². The van der Waals surface area contributed by atoms with Crippen LogP contribution in [0.1, 0.15) is 45.1 Å². The Morgan fingerprint density at radius 2 is 1.37 bits per heavy atom. The number of nitrogens with one attached hydrogen (secondary N) is 3. The number of primary amides is 1. The van der Waals surface area contributed by atoms with Crippen LogP contribution in [-0.4, -0.2) is 75.1 Å². The molecule has 0 aliphatic rings. The Morgan fingerprint density at radius 3 is 1.87 bits per heavy atom. The molecular weight excluding hydrogens is 502 g/mol. The number of nitrogens with two attached hydrogens (primary N) is 2. The van der Waals surface area contributed by atoms with E-state index in [2.05, 4.69) is 16.0 Å². The summed E-state index contributed by atoms with van der Waals surface area (Å²) in [6.45, 7) is 3.55. The van der Waals surface area contributed by atoms with Crippen molar-refractivity contribution in [2.24, 2.45) is 17.4 Å². The molecule has 1 rings (SSSR count). The van der Waals surface area contributed by atoms with Crippen LogP contribution in [0.4, 0.5) is 0 Å². The summed E-state index contributed by atoms with van der Waals surface area (Å²) in [6, 6.07) is 0.293. The number of phenols is 1. The molecule has 14 nitrogen and oxygen atoms in total. The number of hydrogen-bond acceptors (Lipinski definition) is 8. The molecule has 210 valence electrons. The number of carboxylic acids is 2. The number of aromatic hydroxyl groups is 1. The van der Waals surface area contributed by atoms with Crippen molar-refractivity contribution in [1.29, 1.82) is 0 Å². The maximum atomic E-state index is 13.1. The Hall–Kier alpha value is -4.20. The molecule has 1 aromatic rings.